The number of carbonyl (C=O) groups excluding carboxylic acids is 1. The third kappa shape index (κ3) is 3.10. The topological polar surface area (TPSA) is 64.0 Å². The number of aromatic nitrogens is 2. The molecule has 0 aliphatic carbocycles. The van der Waals surface area contributed by atoms with E-state index in [0.717, 1.165) is 0 Å². The highest BCUT2D eigenvalue weighted by molar-refractivity contribution is 6.30. The second-order valence-electron chi connectivity index (χ2n) is 5.15. The number of carbonyl (C=O) groups is 1. The summed E-state index contributed by atoms with van der Waals surface area (Å²) in [6, 6.07) is 13.1. The number of benzene rings is 2. The molecule has 6 heteroatoms. The lowest BCUT2D eigenvalue weighted by Crippen LogP contribution is -2.31. The Morgan fingerprint density at radius 3 is 2.61 bits per heavy atom. The second-order valence-corrected chi connectivity index (χ2v) is 5.58. The fourth-order valence-electron chi connectivity index (χ4n) is 2.27. The molecule has 5 nitrogen and oxygen atoms in total. The molecule has 1 heterocycles. The van der Waals surface area contributed by atoms with Crippen LogP contribution in [-0.2, 0) is 4.79 Å². The van der Waals surface area contributed by atoms with Crippen LogP contribution in [0.15, 0.2) is 59.7 Å². The van der Waals surface area contributed by atoms with Gasteiger partial charge in [0.15, 0.2) is 0 Å². The number of hydrogen-bond donors (Lipinski definition) is 1. The van der Waals surface area contributed by atoms with E-state index >= 15 is 0 Å². The fraction of sp³-hybridized carbons (Fsp3) is 0.118. The predicted molar refractivity (Wildman–Crippen MR) is 90.8 cm³/mol. The van der Waals surface area contributed by atoms with E-state index in [1.165, 1.54) is 10.9 Å². The van der Waals surface area contributed by atoms with E-state index in [1.807, 2.05) is 6.07 Å². The van der Waals surface area contributed by atoms with Crippen molar-refractivity contribution in [3.8, 4) is 0 Å². The molecule has 2 aromatic carbocycles. The molecular weight excluding hydrogens is 314 g/mol. The standard InChI is InChI=1S/C17H14ClN3O2/c1-11(16(22)20-13-8-6-12(18)7-9-13)21-10-19-15-5-3-2-4-14(15)17(21)23/h2-11H,1H3,(H,20,22)/t11-/m0/s1. The molecule has 23 heavy (non-hydrogen) atoms. The average molecular weight is 328 g/mol. The molecule has 0 saturated heterocycles. The van der Waals surface area contributed by atoms with E-state index in [1.54, 1.807) is 49.4 Å². The number of rotatable bonds is 3. The number of fused-ring (bicyclic) bond motifs is 1. The third-order valence-corrected chi connectivity index (χ3v) is 3.85. The van der Waals surface area contributed by atoms with Crippen molar-refractivity contribution < 1.29 is 4.79 Å². The first kappa shape index (κ1) is 15.2. The molecule has 1 aromatic heterocycles. The van der Waals surface area contributed by atoms with Gasteiger partial charge in [-0.1, -0.05) is 23.7 Å². The first-order valence-corrected chi connectivity index (χ1v) is 7.46. The highest BCUT2D eigenvalue weighted by Crippen LogP contribution is 2.15. The minimum atomic E-state index is -0.685. The number of halogens is 1. The maximum Gasteiger partial charge on any atom is 0.261 e. The predicted octanol–water partition coefficient (Wildman–Crippen LogP) is 3.25. The lowest BCUT2D eigenvalue weighted by Gasteiger charge is -2.15. The van der Waals surface area contributed by atoms with Gasteiger partial charge in [-0.05, 0) is 43.3 Å². The molecular formula is C17H14ClN3O2. The molecule has 0 saturated carbocycles. The summed E-state index contributed by atoms with van der Waals surface area (Å²) < 4.78 is 1.33. The van der Waals surface area contributed by atoms with Crippen LogP contribution in [0.5, 0.6) is 0 Å². The zero-order valence-corrected chi connectivity index (χ0v) is 13.1. The molecule has 1 amide bonds. The second kappa shape index (κ2) is 6.22. The van der Waals surface area contributed by atoms with Gasteiger partial charge in [-0.25, -0.2) is 4.98 Å². The third-order valence-electron chi connectivity index (χ3n) is 3.60. The number of nitrogens with one attached hydrogen (secondary N) is 1. The van der Waals surface area contributed by atoms with Crippen LogP contribution in [0.4, 0.5) is 5.69 Å². The van der Waals surface area contributed by atoms with Gasteiger partial charge in [-0.2, -0.15) is 0 Å². The first-order valence-electron chi connectivity index (χ1n) is 7.08. The SMILES string of the molecule is C[C@@H](C(=O)Nc1ccc(Cl)cc1)n1cnc2ccccc2c1=O. The molecule has 0 aliphatic rings. The number of nitrogens with zero attached hydrogens (tertiary/aromatic N) is 2. The van der Waals surface area contributed by atoms with Crippen molar-refractivity contribution in [2.45, 2.75) is 13.0 Å². The minimum absolute atomic E-state index is 0.241. The quantitative estimate of drug-likeness (QED) is 0.803. The summed E-state index contributed by atoms with van der Waals surface area (Å²) in [4.78, 5) is 29.1. The largest absolute Gasteiger partial charge is 0.324 e. The van der Waals surface area contributed by atoms with Crippen molar-refractivity contribution in [1.82, 2.24) is 9.55 Å². The van der Waals surface area contributed by atoms with E-state index in [0.29, 0.717) is 21.6 Å². The van der Waals surface area contributed by atoms with Gasteiger partial charge in [0.1, 0.15) is 6.04 Å². The molecule has 0 bridgehead atoms. The van der Waals surface area contributed by atoms with Gasteiger partial charge in [0.25, 0.3) is 5.56 Å². The summed E-state index contributed by atoms with van der Waals surface area (Å²) in [7, 11) is 0. The molecule has 3 rings (SSSR count). The van der Waals surface area contributed by atoms with E-state index in [4.69, 9.17) is 11.6 Å². The first-order chi connectivity index (χ1) is 11.1. The summed E-state index contributed by atoms with van der Waals surface area (Å²) in [5.74, 6) is -0.300. The summed E-state index contributed by atoms with van der Waals surface area (Å²) in [5.41, 5.74) is 0.987. The monoisotopic (exact) mass is 327 g/mol. The van der Waals surface area contributed by atoms with Gasteiger partial charge < -0.3 is 5.32 Å². The molecule has 3 aromatic rings. The van der Waals surface area contributed by atoms with Crippen LogP contribution in [0.25, 0.3) is 10.9 Å². The van der Waals surface area contributed by atoms with Gasteiger partial charge in [-0.3, -0.25) is 14.2 Å². The summed E-state index contributed by atoms with van der Waals surface area (Å²) in [6.07, 6.45) is 1.40. The maximum atomic E-state index is 12.5. The molecule has 0 fully saturated rings. The van der Waals surface area contributed by atoms with Crippen molar-refractivity contribution in [2.75, 3.05) is 5.32 Å². The van der Waals surface area contributed by atoms with Gasteiger partial charge in [-0.15, -0.1) is 0 Å². The Bertz CT molecular complexity index is 919. The van der Waals surface area contributed by atoms with Gasteiger partial charge in [0.2, 0.25) is 5.91 Å². The Hall–Kier alpha value is -2.66. The number of anilines is 1. The highest BCUT2D eigenvalue weighted by Gasteiger charge is 2.17. The Labute approximate surface area is 137 Å². The van der Waals surface area contributed by atoms with E-state index in [2.05, 4.69) is 10.3 Å². The summed E-state index contributed by atoms with van der Waals surface area (Å²) in [5, 5.41) is 3.83. The molecule has 0 aliphatic heterocycles. The highest BCUT2D eigenvalue weighted by atomic mass is 35.5. The molecule has 0 unspecified atom stereocenters. The molecule has 116 valence electrons. The van der Waals surface area contributed by atoms with E-state index < -0.39 is 6.04 Å². The van der Waals surface area contributed by atoms with Gasteiger partial charge in [0, 0.05) is 10.7 Å². The van der Waals surface area contributed by atoms with Crippen LogP contribution in [0.3, 0.4) is 0 Å². The molecule has 0 spiro atoms. The Balaban J connectivity index is 1.89. The average Bonchev–Trinajstić information content (AvgIpc) is 2.57. The minimum Gasteiger partial charge on any atom is -0.324 e. The smallest absolute Gasteiger partial charge is 0.261 e. The van der Waals surface area contributed by atoms with E-state index in [-0.39, 0.29) is 11.5 Å². The van der Waals surface area contributed by atoms with Crippen molar-refractivity contribution >= 4 is 34.1 Å². The normalized spacial score (nSPS) is 12.1. The van der Waals surface area contributed by atoms with Crippen LogP contribution in [0.1, 0.15) is 13.0 Å². The summed E-state index contributed by atoms with van der Waals surface area (Å²) in [6.45, 7) is 1.66. The lowest BCUT2D eigenvalue weighted by atomic mass is 10.2. The Kier molecular flexibility index (Phi) is 4.12. The Morgan fingerprint density at radius 1 is 1.17 bits per heavy atom. The van der Waals surface area contributed by atoms with Crippen molar-refractivity contribution in [2.24, 2.45) is 0 Å². The lowest BCUT2D eigenvalue weighted by molar-refractivity contribution is -0.118. The molecule has 1 atom stereocenters. The zero-order chi connectivity index (χ0) is 16.4. The van der Waals surface area contributed by atoms with Crippen molar-refractivity contribution in [1.29, 1.82) is 0 Å². The van der Waals surface area contributed by atoms with Gasteiger partial charge in [0.05, 0.1) is 17.2 Å². The number of amides is 1. The fourth-order valence-corrected chi connectivity index (χ4v) is 2.39. The molecule has 0 radical (unpaired) electrons. The van der Waals surface area contributed by atoms with Gasteiger partial charge >= 0.3 is 0 Å². The number of para-hydroxylation sites is 1. The zero-order valence-electron chi connectivity index (χ0n) is 12.4. The Morgan fingerprint density at radius 2 is 1.87 bits per heavy atom. The molecule has 1 N–H and O–H groups in total. The maximum absolute atomic E-state index is 12.5. The number of hydrogen-bond acceptors (Lipinski definition) is 3. The van der Waals surface area contributed by atoms with Crippen molar-refractivity contribution in [3.63, 3.8) is 0 Å². The van der Waals surface area contributed by atoms with Crippen LogP contribution >= 0.6 is 11.6 Å². The van der Waals surface area contributed by atoms with Crippen LogP contribution in [0.2, 0.25) is 5.02 Å². The van der Waals surface area contributed by atoms with Crippen molar-refractivity contribution in [3.05, 3.63) is 70.2 Å². The van der Waals surface area contributed by atoms with Crippen LogP contribution < -0.4 is 10.9 Å². The summed E-state index contributed by atoms with van der Waals surface area (Å²) >= 11 is 5.82. The van der Waals surface area contributed by atoms with Crippen LogP contribution in [0, 0.1) is 0 Å². The van der Waals surface area contributed by atoms with E-state index in [9.17, 15) is 9.59 Å². The van der Waals surface area contributed by atoms with Crippen LogP contribution in [-0.4, -0.2) is 15.5 Å².